The predicted octanol–water partition coefficient (Wildman–Crippen LogP) is -0.0654. The van der Waals surface area contributed by atoms with Crippen molar-refractivity contribution in [3.63, 3.8) is 0 Å². The Morgan fingerprint density at radius 1 is 0.750 bits per heavy atom. The van der Waals surface area contributed by atoms with Crippen molar-refractivity contribution < 1.29 is 56.5 Å². The van der Waals surface area contributed by atoms with E-state index in [0.29, 0.717) is 0 Å². The summed E-state index contributed by atoms with van der Waals surface area (Å²) in [6, 6.07) is 16.9. The average molecular weight is 234 g/mol. The van der Waals surface area contributed by atoms with Gasteiger partial charge in [-0.05, 0) is 11.1 Å². The molecular formula is C14H11KO. The van der Waals surface area contributed by atoms with Gasteiger partial charge in [0.2, 0.25) is 0 Å². The fourth-order valence-electron chi connectivity index (χ4n) is 1.37. The van der Waals surface area contributed by atoms with E-state index in [0.717, 1.165) is 11.1 Å². The molecule has 0 atom stereocenters. The molecule has 1 nitrogen and oxygen atoms in total. The molecule has 0 aromatic heterocycles. The van der Waals surface area contributed by atoms with Crippen LogP contribution in [0.5, 0.6) is 5.75 Å². The minimum absolute atomic E-state index is 0. The van der Waals surface area contributed by atoms with Crippen LogP contribution in [-0.2, 0) is 0 Å². The summed E-state index contributed by atoms with van der Waals surface area (Å²) in [5.74, 6) is 0.0599. The molecule has 2 rings (SSSR count). The molecule has 0 aliphatic rings. The third-order valence-electron chi connectivity index (χ3n) is 2.17. The number of hydrogen-bond acceptors (Lipinski definition) is 1. The zero-order valence-corrected chi connectivity index (χ0v) is 12.4. The van der Waals surface area contributed by atoms with E-state index in [1.54, 1.807) is 12.1 Å². The maximum Gasteiger partial charge on any atom is 1.00 e. The van der Waals surface area contributed by atoms with Gasteiger partial charge in [0.1, 0.15) is 0 Å². The van der Waals surface area contributed by atoms with Crippen molar-refractivity contribution in [1.82, 2.24) is 0 Å². The van der Waals surface area contributed by atoms with E-state index in [2.05, 4.69) is 0 Å². The Bertz CT molecular complexity index is 463. The summed E-state index contributed by atoms with van der Waals surface area (Å²) in [5, 5.41) is 11.4. The Hall–Kier alpha value is -0.384. The topological polar surface area (TPSA) is 23.1 Å². The van der Waals surface area contributed by atoms with Gasteiger partial charge in [-0.3, -0.25) is 0 Å². The Balaban J connectivity index is 0.00000128. The van der Waals surface area contributed by atoms with Gasteiger partial charge < -0.3 is 5.11 Å². The van der Waals surface area contributed by atoms with Crippen LogP contribution in [0.4, 0.5) is 0 Å². The van der Waals surface area contributed by atoms with Crippen LogP contribution in [0, 0.1) is 0 Å². The van der Waals surface area contributed by atoms with Gasteiger partial charge in [0.25, 0.3) is 0 Å². The van der Waals surface area contributed by atoms with Crippen LogP contribution in [0.3, 0.4) is 0 Å². The molecule has 0 radical (unpaired) electrons. The zero-order chi connectivity index (χ0) is 10.5. The molecule has 0 bridgehead atoms. The molecule has 0 saturated carbocycles. The van der Waals surface area contributed by atoms with Gasteiger partial charge in [-0.1, -0.05) is 66.7 Å². The van der Waals surface area contributed by atoms with E-state index in [-0.39, 0.29) is 57.1 Å². The van der Waals surface area contributed by atoms with Gasteiger partial charge in [0.15, 0.2) is 0 Å². The summed E-state index contributed by atoms with van der Waals surface area (Å²) >= 11 is 0. The fourth-order valence-corrected chi connectivity index (χ4v) is 1.37. The van der Waals surface area contributed by atoms with E-state index in [1.165, 1.54) is 0 Å². The zero-order valence-electron chi connectivity index (χ0n) is 9.26. The SMILES string of the molecule is [K+].[O-]c1ccccc1/C=C/c1ccccc1. The molecule has 0 spiro atoms. The Morgan fingerprint density at radius 3 is 2.06 bits per heavy atom. The molecule has 74 valence electrons. The molecule has 0 fully saturated rings. The number of benzene rings is 2. The molecule has 2 aromatic rings. The summed E-state index contributed by atoms with van der Waals surface area (Å²) < 4.78 is 0. The van der Waals surface area contributed by atoms with Crippen molar-refractivity contribution in [3.05, 3.63) is 65.7 Å². The standard InChI is InChI=1S/C14H12O.K/c15-14-9-5-4-8-13(14)11-10-12-6-2-1-3-7-12;/h1-11,15H;/q;+1/p-1/b11-10+;. The Morgan fingerprint density at radius 2 is 1.38 bits per heavy atom. The van der Waals surface area contributed by atoms with E-state index >= 15 is 0 Å². The van der Waals surface area contributed by atoms with Crippen molar-refractivity contribution in [2.24, 2.45) is 0 Å². The summed E-state index contributed by atoms with van der Waals surface area (Å²) in [4.78, 5) is 0. The van der Waals surface area contributed by atoms with Gasteiger partial charge >= 0.3 is 51.4 Å². The maximum absolute atomic E-state index is 11.4. The summed E-state index contributed by atoms with van der Waals surface area (Å²) in [6.07, 6.45) is 3.79. The van der Waals surface area contributed by atoms with Gasteiger partial charge in [0.05, 0.1) is 0 Å². The monoisotopic (exact) mass is 234 g/mol. The second-order valence-corrected chi connectivity index (χ2v) is 3.28. The van der Waals surface area contributed by atoms with E-state index in [9.17, 15) is 5.11 Å². The fraction of sp³-hybridized carbons (Fsp3) is 0. The van der Waals surface area contributed by atoms with Crippen LogP contribution >= 0.6 is 0 Å². The molecule has 0 saturated heterocycles. The number of para-hydroxylation sites is 1. The quantitative estimate of drug-likeness (QED) is 0.527. The summed E-state index contributed by atoms with van der Waals surface area (Å²) in [6.45, 7) is 0. The van der Waals surface area contributed by atoms with Gasteiger partial charge in [0, 0.05) is 0 Å². The van der Waals surface area contributed by atoms with Gasteiger partial charge in [-0.25, -0.2) is 0 Å². The van der Waals surface area contributed by atoms with Crippen molar-refractivity contribution in [3.8, 4) is 5.75 Å². The van der Waals surface area contributed by atoms with Crippen LogP contribution in [0.15, 0.2) is 54.6 Å². The molecule has 0 amide bonds. The smallest absolute Gasteiger partial charge is 0.872 e. The van der Waals surface area contributed by atoms with Crippen LogP contribution in [0.1, 0.15) is 11.1 Å². The van der Waals surface area contributed by atoms with E-state index < -0.39 is 0 Å². The van der Waals surface area contributed by atoms with E-state index in [4.69, 9.17) is 0 Å². The second-order valence-electron chi connectivity index (χ2n) is 3.28. The largest absolute Gasteiger partial charge is 1.00 e. The first-order chi connectivity index (χ1) is 7.36. The molecule has 0 aliphatic heterocycles. The normalized spacial score (nSPS) is 10.0. The first kappa shape index (κ1) is 13.7. The average Bonchev–Trinajstić information content (AvgIpc) is 2.29. The Labute approximate surface area is 138 Å². The minimum atomic E-state index is 0. The molecule has 2 aromatic carbocycles. The van der Waals surface area contributed by atoms with Crippen molar-refractivity contribution in [2.75, 3.05) is 0 Å². The van der Waals surface area contributed by atoms with Crippen LogP contribution < -0.4 is 56.5 Å². The van der Waals surface area contributed by atoms with Crippen molar-refractivity contribution in [1.29, 1.82) is 0 Å². The molecule has 0 unspecified atom stereocenters. The van der Waals surface area contributed by atoms with Crippen molar-refractivity contribution in [2.45, 2.75) is 0 Å². The van der Waals surface area contributed by atoms with E-state index in [1.807, 2.05) is 54.6 Å². The summed E-state index contributed by atoms with van der Waals surface area (Å²) in [5.41, 5.74) is 1.82. The van der Waals surface area contributed by atoms with Gasteiger partial charge in [-0.15, -0.1) is 5.75 Å². The van der Waals surface area contributed by atoms with Gasteiger partial charge in [-0.2, -0.15) is 0 Å². The molecule has 0 heterocycles. The second kappa shape index (κ2) is 7.04. The maximum atomic E-state index is 11.4. The first-order valence-corrected chi connectivity index (χ1v) is 4.85. The summed E-state index contributed by atoms with van der Waals surface area (Å²) in [7, 11) is 0. The number of hydrogen-bond donors (Lipinski definition) is 0. The third kappa shape index (κ3) is 3.89. The molecule has 2 heteroatoms. The Kier molecular flexibility index (Phi) is 6.02. The van der Waals surface area contributed by atoms with Crippen molar-refractivity contribution >= 4 is 12.2 Å². The third-order valence-corrected chi connectivity index (χ3v) is 2.17. The number of rotatable bonds is 2. The van der Waals surface area contributed by atoms with Crippen LogP contribution in [0.2, 0.25) is 0 Å². The molecule has 16 heavy (non-hydrogen) atoms. The first-order valence-electron chi connectivity index (χ1n) is 4.85. The van der Waals surface area contributed by atoms with Crippen LogP contribution in [-0.4, -0.2) is 0 Å². The van der Waals surface area contributed by atoms with Crippen LogP contribution in [0.25, 0.3) is 12.2 Å². The minimum Gasteiger partial charge on any atom is -0.872 e. The molecular weight excluding hydrogens is 223 g/mol. The predicted molar refractivity (Wildman–Crippen MR) is 61.3 cm³/mol. The molecule has 0 aliphatic carbocycles. The molecule has 0 N–H and O–H groups in total.